The number of thiophene rings is 1. The summed E-state index contributed by atoms with van der Waals surface area (Å²) in [6.07, 6.45) is 1.73. The third-order valence-electron chi connectivity index (χ3n) is 3.29. The lowest BCUT2D eigenvalue weighted by Crippen LogP contribution is -2.31. The molecule has 0 fully saturated rings. The zero-order chi connectivity index (χ0) is 14.4. The number of rotatable bonds is 1. The molecule has 6 heteroatoms. The van der Waals surface area contributed by atoms with Crippen LogP contribution in [0.2, 0.25) is 0 Å². The van der Waals surface area contributed by atoms with Crippen molar-refractivity contribution < 1.29 is 0 Å². The van der Waals surface area contributed by atoms with Gasteiger partial charge in [0.1, 0.15) is 5.35 Å². The average Bonchev–Trinajstić information content (AvgIpc) is 3.09. The molecule has 0 saturated carbocycles. The topological polar surface area (TPSA) is 67.2 Å². The van der Waals surface area contributed by atoms with Crippen molar-refractivity contribution in [3.63, 3.8) is 0 Å². The molecule has 0 amide bonds. The van der Waals surface area contributed by atoms with Crippen molar-refractivity contribution in [2.75, 3.05) is 0 Å². The highest BCUT2D eigenvalue weighted by Crippen LogP contribution is 2.08. The SMILES string of the molecule is O=c1/c(=C\c2cccs2)[nH]c2nc3ccccc3c(=O)n12. The molecule has 0 atom stereocenters. The second-order valence-corrected chi connectivity index (χ2v) is 5.58. The number of H-pyrrole nitrogens is 1. The Morgan fingerprint density at radius 1 is 1.10 bits per heavy atom. The fourth-order valence-corrected chi connectivity index (χ4v) is 2.97. The molecule has 3 aromatic heterocycles. The minimum Gasteiger partial charge on any atom is -0.320 e. The molecule has 3 heterocycles. The second-order valence-electron chi connectivity index (χ2n) is 4.60. The summed E-state index contributed by atoms with van der Waals surface area (Å²) in [6.45, 7) is 0. The minimum absolute atomic E-state index is 0.270. The highest BCUT2D eigenvalue weighted by molar-refractivity contribution is 7.10. The van der Waals surface area contributed by atoms with Crippen LogP contribution in [0.15, 0.2) is 51.4 Å². The van der Waals surface area contributed by atoms with Gasteiger partial charge < -0.3 is 4.98 Å². The zero-order valence-electron chi connectivity index (χ0n) is 10.7. The van der Waals surface area contributed by atoms with Crippen LogP contribution in [0, 0.1) is 0 Å². The molecular formula is C15H9N3O2S. The molecule has 0 aliphatic carbocycles. The van der Waals surface area contributed by atoms with Gasteiger partial charge >= 0.3 is 0 Å². The summed E-state index contributed by atoms with van der Waals surface area (Å²) < 4.78 is 1.09. The summed E-state index contributed by atoms with van der Waals surface area (Å²) in [5, 5.41) is 2.73. The summed E-state index contributed by atoms with van der Waals surface area (Å²) in [5.41, 5.74) is -0.143. The van der Waals surface area contributed by atoms with Gasteiger partial charge in [0, 0.05) is 4.88 Å². The van der Waals surface area contributed by atoms with Gasteiger partial charge in [-0.1, -0.05) is 18.2 Å². The molecule has 0 saturated heterocycles. The predicted octanol–water partition coefficient (Wildman–Crippen LogP) is 1.15. The number of para-hydroxylation sites is 1. The van der Waals surface area contributed by atoms with E-state index in [4.69, 9.17) is 0 Å². The van der Waals surface area contributed by atoms with Crippen molar-refractivity contribution in [1.82, 2.24) is 14.4 Å². The molecule has 102 valence electrons. The Kier molecular flexibility index (Phi) is 2.52. The second kappa shape index (κ2) is 4.39. The van der Waals surface area contributed by atoms with Crippen LogP contribution in [-0.2, 0) is 0 Å². The first-order valence-electron chi connectivity index (χ1n) is 6.33. The number of fused-ring (bicyclic) bond motifs is 2. The molecule has 21 heavy (non-hydrogen) atoms. The third-order valence-corrected chi connectivity index (χ3v) is 4.10. The van der Waals surface area contributed by atoms with Gasteiger partial charge in [0.15, 0.2) is 0 Å². The van der Waals surface area contributed by atoms with Crippen LogP contribution in [0.1, 0.15) is 4.88 Å². The van der Waals surface area contributed by atoms with Gasteiger partial charge in [-0.3, -0.25) is 9.59 Å². The lowest BCUT2D eigenvalue weighted by Gasteiger charge is -1.95. The zero-order valence-corrected chi connectivity index (χ0v) is 11.6. The van der Waals surface area contributed by atoms with Gasteiger partial charge in [-0.2, -0.15) is 0 Å². The fraction of sp³-hybridized carbons (Fsp3) is 0. The van der Waals surface area contributed by atoms with Crippen molar-refractivity contribution in [3.05, 3.63) is 72.7 Å². The van der Waals surface area contributed by atoms with E-state index in [2.05, 4.69) is 9.97 Å². The predicted molar refractivity (Wildman–Crippen MR) is 82.7 cm³/mol. The van der Waals surface area contributed by atoms with Gasteiger partial charge in [-0.05, 0) is 29.7 Å². The first-order valence-corrected chi connectivity index (χ1v) is 7.21. The Bertz CT molecular complexity index is 1120. The molecule has 5 nitrogen and oxygen atoms in total. The summed E-state index contributed by atoms with van der Waals surface area (Å²) >= 11 is 1.52. The molecule has 1 N–H and O–H groups in total. The Balaban J connectivity index is 2.16. The van der Waals surface area contributed by atoms with Crippen LogP contribution in [0.5, 0.6) is 0 Å². The van der Waals surface area contributed by atoms with Crippen LogP contribution in [0.25, 0.3) is 22.8 Å². The van der Waals surface area contributed by atoms with Crippen LogP contribution in [0.3, 0.4) is 0 Å². The highest BCUT2D eigenvalue weighted by atomic mass is 32.1. The number of hydrogen-bond donors (Lipinski definition) is 1. The molecule has 0 unspecified atom stereocenters. The molecule has 0 spiro atoms. The van der Waals surface area contributed by atoms with Crippen molar-refractivity contribution in [1.29, 1.82) is 0 Å². The van der Waals surface area contributed by atoms with Crippen molar-refractivity contribution in [2.24, 2.45) is 0 Å². The Labute approximate surface area is 121 Å². The van der Waals surface area contributed by atoms with E-state index in [-0.39, 0.29) is 16.9 Å². The number of aromatic amines is 1. The summed E-state index contributed by atoms with van der Waals surface area (Å²) in [7, 11) is 0. The van der Waals surface area contributed by atoms with Crippen LogP contribution in [-0.4, -0.2) is 14.4 Å². The molecule has 0 aliphatic heterocycles. The molecule has 0 bridgehead atoms. The van der Waals surface area contributed by atoms with E-state index in [0.29, 0.717) is 16.3 Å². The monoisotopic (exact) mass is 295 g/mol. The summed E-state index contributed by atoms with van der Waals surface area (Å²) in [4.78, 5) is 33.0. The lowest BCUT2D eigenvalue weighted by atomic mass is 10.2. The number of nitrogens with one attached hydrogen (secondary N) is 1. The molecular weight excluding hydrogens is 286 g/mol. The van der Waals surface area contributed by atoms with Crippen molar-refractivity contribution >= 4 is 34.1 Å². The van der Waals surface area contributed by atoms with E-state index in [0.717, 1.165) is 9.28 Å². The van der Waals surface area contributed by atoms with Crippen LogP contribution in [0.4, 0.5) is 0 Å². The third kappa shape index (κ3) is 1.80. The number of nitrogens with zero attached hydrogens (tertiary/aromatic N) is 2. The van der Waals surface area contributed by atoms with Crippen molar-refractivity contribution in [3.8, 4) is 0 Å². The fourth-order valence-electron chi connectivity index (χ4n) is 2.31. The van der Waals surface area contributed by atoms with Gasteiger partial charge in [0.25, 0.3) is 11.1 Å². The minimum atomic E-state index is -0.373. The maximum atomic E-state index is 12.4. The van der Waals surface area contributed by atoms with E-state index < -0.39 is 0 Å². The molecule has 4 rings (SSSR count). The smallest absolute Gasteiger partial charge is 0.284 e. The van der Waals surface area contributed by atoms with Gasteiger partial charge in [-0.15, -0.1) is 11.3 Å². The Hall–Kier alpha value is -2.73. The maximum absolute atomic E-state index is 12.4. The van der Waals surface area contributed by atoms with Crippen LogP contribution < -0.4 is 16.5 Å². The van der Waals surface area contributed by atoms with E-state index in [1.807, 2.05) is 23.6 Å². The number of aromatic nitrogens is 3. The quantitative estimate of drug-likeness (QED) is 0.573. The van der Waals surface area contributed by atoms with E-state index in [1.54, 1.807) is 24.3 Å². The number of benzene rings is 1. The standard InChI is InChI=1S/C15H9N3O2S/c19-13-10-5-1-2-6-11(10)16-15-17-12(14(20)18(13)15)8-9-4-3-7-21-9/h1-8H,(H,16,17)/b12-8+. The summed E-state index contributed by atoms with van der Waals surface area (Å²) in [5.74, 6) is 0.270. The molecule has 0 radical (unpaired) electrons. The molecule has 0 aliphatic rings. The van der Waals surface area contributed by atoms with E-state index in [1.165, 1.54) is 11.3 Å². The Morgan fingerprint density at radius 2 is 1.95 bits per heavy atom. The molecule has 1 aromatic carbocycles. The van der Waals surface area contributed by atoms with E-state index >= 15 is 0 Å². The Morgan fingerprint density at radius 3 is 2.76 bits per heavy atom. The summed E-state index contributed by atoms with van der Waals surface area (Å²) in [6, 6.07) is 10.8. The lowest BCUT2D eigenvalue weighted by molar-refractivity contribution is 1.05. The number of imidazole rings is 1. The molecule has 4 aromatic rings. The van der Waals surface area contributed by atoms with Gasteiger partial charge in [0.2, 0.25) is 5.78 Å². The largest absolute Gasteiger partial charge is 0.320 e. The average molecular weight is 295 g/mol. The first kappa shape index (κ1) is 12.0. The maximum Gasteiger partial charge on any atom is 0.284 e. The first-order chi connectivity index (χ1) is 10.2. The normalized spacial score (nSPS) is 12.5. The highest BCUT2D eigenvalue weighted by Gasteiger charge is 2.10. The number of hydrogen-bond acceptors (Lipinski definition) is 4. The van der Waals surface area contributed by atoms with Crippen LogP contribution >= 0.6 is 11.3 Å². The van der Waals surface area contributed by atoms with Gasteiger partial charge in [0.05, 0.1) is 10.9 Å². The van der Waals surface area contributed by atoms with Crippen molar-refractivity contribution in [2.45, 2.75) is 0 Å². The van der Waals surface area contributed by atoms with E-state index in [9.17, 15) is 9.59 Å². The van der Waals surface area contributed by atoms with Gasteiger partial charge in [-0.25, -0.2) is 9.38 Å².